The van der Waals surface area contributed by atoms with Crippen molar-refractivity contribution in [3.05, 3.63) is 65.2 Å². The molecule has 4 heteroatoms. The summed E-state index contributed by atoms with van der Waals surface area (Å²) in [6.45, 7) is 4.44. The maximum atomic E-state index is 6.32. The maximum Gasteiger partial charge on any atom is 0.0515 e. The molecule has 0 amide bonds. The van der Waals surface area contributed by atoms with E-state index in [2.05, 4.69) is 63.6 Å². The molecule has 2 fully saturated rings. The van der Waals surface area contributed by atoms with Crippen LogP contribution >= 0.6 is 23.5 Å². The topological polar surface area (TPSA) is 6.48 Å². The first-order valence-corrected chi connectivity index (χ1v) is 9.37. The minimum Gasteiger partial charge on any atom is -0.316 e. The summed E-state index contributed by atoms with van der Waals surface area (Å²) in [5.41, 5.74) is 2.58. The molecule has 4 rings (SSSR count). The second kappa shape index (κ2) is 6.39. The zero-order chi connectivity index (χ0) is 15.7. The van der Waals surface area contributed by atoms with Crippen molar-refractivity contribution in [2.45, 2.75) is 24.1 Å². The summed E-state index contributed by atoms with van der Waals surface area (Å²) in [5, 5.41) is 0.887. The van der Waals surface area contributed by atoms with Gasteiger partial charge in [-0.15, -0.1) is 0 Å². The van der Waals surface area contributed by atoms with Gasteiger partial charge in [0, 0.05) is 30.3 Å². The molecule has 0 bridgehead atoms. The molecule has 0 aliphatic carbocycles. The van der Waals surface area contributed by atoms with Crippen LogP contribution in [0.3, 0.4) is 0 Å². The van der Waals surface area contributed by atoms with Crippen LogP contribution in [-0.4, -0.2) is 29.3 Å². The molecule has 1 spiro atoms. The summed E-state index contributed by atoms with van der Waals surface area (Å²) in [5.74, 6) is 0. The van der Waals surface area contributed by atoms with Crippen molar-refractivity contribution < 1.29 is 0 Å². The highest BCUT2D eigenvalue weighted by molar-refractivity contribution is 8.02. The molecule has 2 nitrogen and oxygen atoms in total. The minimum atomic E-state index is 0.386. The highest BCUT2D eigenvalue weighted by Gasteiger charge is 2.44. The lowest BCUT2D eigenvalue weighted by atomic mass is 10.0. The fourth-order valence-corrected chi connectivity index (χ4v) is 5.29. The Morgan fingerprint density at radius 1 is 0.957 bits per heavy atom. The van der Waals surface area contributed by atoms with Gasteiger partial charge in [-0.2, -0.15) is 0 Å². The average Bonchev–Trinajstić information content (AvgIpc) is 3.18. The molecule has 2 aromatic carbocycles. The molecule has 2 aliphatic rings. The molecule has 0 radical (unpaired) electrons. The van der Waals surface area contributed by atoms with Crippen LogP contribution in [0, 0.1) is 0 Å². The maximum absolute atomic E-state index is 6.32. The first kappa shape index (κ1) is 15.4. The fraction of sp³-hybridized carbons (Fsp3) is 0.368. The molecule has 23 heavy (non-hydrogen) atoms. The molecule has 0 saturated carbocycles. The Morgan fingerprint density at radius 3 is 2.52 bits per heavy atom. The predicted octanol–water partition coefficient (Wildman–Crippen LogP) is 4.84. The van der Waals surface area contributed by atoms with E-state index in [1.54, 1.807) is 0 Å². The van der Waals surface area contributed by atoms with E-state index in [1.807, 2.05) is 12.1 Å². The third-order valence-electron chi connectivity index (χ3n) is 4.87. The number of anilines is 1. The summed E-state index contributed by atoms with van der Waals surface area (Å²) < 4.78 is 2.86. The summed E-state index contributed by atoms with van der Waals surface area (Å²) in [6.07, 6.45) is 2.54. The Bertz CT molecular complexity index is 678. The molecule has 2 aliphatic heterocycles. The summed E-state index contributed by atoms with van der Waals surface area (Å²) >= 11 is 8.37. The first-order valence-electron chi connectivity index (χ1n) is 8.22. The predicted molar refractivity (Wildman–Crippen MR) is 100 cm³/mol. The van der Waals surface area contributed by atoms with Gasteiger partial charge in [-0.25, -0.2) is 0 Å². The first-order chi connectivity index (χ1) is 11.2. The molecule has 1 unspecified atom stereocenters. The van der Waals surface area contributed by atoms with Gasteiger partial charge in [0.1, 0.15) is 0 Å². The largest absolute Gasteiger partial charge is 0.316 e. The lowest BCUT2D eigenvalue weighted by Gasteiger charge is -2.24. The van der Waals surface area contributed by atoms with E-state index in [-0.39, 0.29) is 0 Å². The van der Waals surface area contributed by atoms with Crippen LogP contribution in [0.4, 0.5) is 5.69 Å². The number of likely N-dealkylation sites (tertiary alicyclic amines) is 1. The zero-order valence-electron chi connectivity index (χ0n) is 13.1. The van der Waals surface area contributed by atoms with Gasteiger partial charge in [-0.1, -0.05) is 48.0 Å². The standard InChI is InChI=1S/C19H21ClN2S/c20-18-9-5-4-6-16(18)14-21-12-10-19(15-21)11-13-22(23-19)17-7-2-1-3-8-17/h1-9H,10-15H2. The molecule has 2 heterocycles. The molecule has 120 valence electrons. The molecular formula is C19H21ClN2S. The number of benzene rings is 2. The quantitative estimate of drug-likeness (QED) is 0.735. The smallest absolute Gasteiger partial charge is 0.0515 e. The Hall–Kier alpha value is -1.16. The number of halogens is 1. The summed E-state index contributed by atoms with van der Waals surface area (Å²) in [4.78, 5) is 2.56. The lowest BCUT2D eigenvalue weighted by molar-refractivity contribution is 0.322. The van der Waals surface area contributed by atoms with Crippen LogP contribution in [0.1, 0.15) is 18.4 Å². The van der Waals surface area contributed by atoms with E-state index in [4.69, 9.17) is 11.6 Å². The number of para-hydroxylation sites is 1. The van der Waals surface area contributed by atoms with Crippen LogP contribution < -0.4 is 4.31 Å². The Balaban J connectivity index is 1.42. The number of rotatable bonds is 3. The second-order valence-electron chi connectivity index (χ2n) is 6.51. The minimum absolute atomic E-state index is 0.386. The molecule has 2 aromatic rings. The second-order valence-corrected chi connectivity index (χ2v) is 8.41. The van der Waals surface area contributed by atoms with E-state index in [9.17, 15) is 0 Å². The average molecular weight is 345 g/mol. The van der Waals surface area contributed by atoms with Crippen molar-refractivity contribution >= 4 is 29.2 Å². The fourth-order valence-electron chi connectivity index (χ4n) is 3.61. The molecule has 0 aromatic heterocycles. The SMILES string of the molecule is Clc1ccccc1CN1CCC2(CCN(c3ccccc3)S2)C1. The normalized spacial score (nSPS) is 24.7. The van der Waals surface area contributed by atoms with Crippen LogP contribution in [0.5, 0.6) is 0 Å². The lowest BCUT2D eigenvalue weighted by Crippen LogP contribution is -2.28. The molecule has 1 atom stereocenters. The van der Waals surface area contributed by atoms with Crippen LogP contribution in [0.25, 0.3) is 0 Å². The highest BCUT2D eigenvalue weighted by Crippen LogP contribution is 2.47. The summed E-state index contributed by atoms with van der Waals surface area (Å²) in [6, 6.07) is 19.0. The van der Waals surface area contributed by atoms with E-state index in [1.165, 1.54) is 30.6 Å². The number of nitrogens with zero attached hydrogens (tertiary/aromatic N) is 2. The summed E-state index contributed by atoms with van der Waals surface area (Å²) in [7, 11) is 0. The van der Waals surface area contributed by atoms with Gasteiger partial charge in [-0.3, -0.25) is 4.90 Å². The van der Waals surface area contributed by atoms with E-state index >= 15 is 0 Å². The Kier molecular flexibility index (Phi) is 4.27. The van der Waals surface area contributed by atoms with Gasteiger partial charge in [0.05, 0.1) is 4.75 Å². The van der Waals surface area contributed by atoms with Crippen molar-refractivity contribution in [2.24, 2.45) is 0 Å². The van der Waals surface area contributed by atoms with Crippen LogP contribution in [0.2, 0.25) is 5.02 Å². The van der Waals surface area contributed by atoms with Gasteiger partial charge >= 0.3 is 0 Å². The van der Waals surface area contributed by atoms with E-state index in [0.717, 1.165) is 24.7 Å². The van der Waals surface area contributed by atoms with Crippen LogP contribution in [-0.2, 0) is 6.54 Å². The number of hydrogen-bond donors (Lipinski definition) is 0. The van der Waals surface area contributed by atoms with Crippen molar-refractivity contribution in [3.63, 3.8) is 0 Å². The monoisotopic (exact) mass is 344 g/mol. The third-order valence-corrected chi connectivity index (χ3v) is 6.77. The third kappa shape index (κ3) is 3.23. The van der Waals surface area contributed by atoms with Gasteiger partial charge in [0.15, 0.2) is 0 Å². The van der Waals surface area contributed by atoms with Gasteiger partial charge in [0.25, 0.3) is 0 Å². The Morgan fingerprint density at radius 2 is 1.70 bits per heavy atom. The molecule has 2 saturated heterocycles. The van der Waals surface area contributed by atoms with E-state index < -0.39 is 0 Å². The van der Waals surface area contributed by atoms with Gasteiger partial charge in [-0.05, 0) is 55.1 Å². The van der Waals surface area contributed by atoms with Crippen molar-refractivity contribution in [1.29, 1.82) is 0 Å². The van der Waals surface area contributed by atoms with Gasteiger partial charge in [0.2, 0.25) is 0 Å². The zero-order valence-corrected chi connectivity index (χ0v) is 14.7. The molecular weight excluding hydrogens is 324 g/mol. The van der Waals surface area contributed by atoms with Crippen molar-refractivity contribution in [1.82, 2.24) is 4.90 Å². The van der Waals surface area contributed by atoms with E-state index in [0.29, 0.717) is 4.75 Å². The number of hydrogen-bond acceptors (Lipinski definition) is 3. The Labute approximate surface area is 147 Å². The highest BCUT2D eigenvalue weighted by atomic mass is 35.5. The van der Waals surface area contributed by atoms with Crippen molar-refractivity contribution in [2.75, 3.05) is 23.9 Å². The van der Waals surface area contributed by atoms with Gasteiger partial charge < -0.3 is 4.31 Å². The van der Waals surface area contributed by atoms with Crippen LogP contribution in [0.15, 0.2) is 54.6 Å². The van der Waals surface area contributed by atoms with Crippen molar-refractivity contribution in [3.8, 4) is 0 Å². The molecule has 0 N–H and O–H groups in total.